The first-order chi connectivity index (χ1) is 10.1. The van der Waals surface area contributed by atoms with Crippen LogP contribution in [0.2, 0.25) is 0 Å². The van der Waals surface area contributed by atoms with E-state index in [1.807, 2.05) is 13.0 Å². The first-order valence-corrected chi connectivity index (χ1v) is 8.05. The summed E-state index contributed by atoms with van der Waals surface area (Å²) in [6.07, 6.45) is 2.57. The van der Waals surface area contributed by atoms with Gasteiger partial charge in [-0.25, -0.2) is 0 Å². The molecule has 1 N–H and O–H groups in total. The van der Waals surface area contributed by atoms with E-state index in [0.29, 0.717) is 6.04 Å². The largest absolute Gasteiger partial charge is 0.497 e. The van der Waals surface area contributed by atoms with Crippen molar-refractivity contribution in [1.82, 2.24) is 15.2 Å². The highest BCUT2D eigenvalue weighted by Gasteiger charge is 2.19. The highest BCUT2D eigenvalue weighted by molar-refractivity contribution is 5.26. The Kier molecular flexibility index (Phi) is 6.00. The quantitative estimate of drug-likeness (QED) is 0.874. The van der Waals surface area contributed by atoms with E-state index in [0.717, 1.165) is 49.2 Å². The number of piperidine rings is 1. The molecule has 1 fully saturated rings. The van der Waals surface area contributed by atoms with Gasteiger partial charge < -0.3 is 10.1 Å². The van der Waals surface area contributed by atoms with Crippen LogP contribution < -0.4 is 10.1 Å². The molecule has 0 unspecified atom stereocenters. The number of hydrogen-bond donors (Lipinski definition) is 1. The molecule has 4 nitrogen and oxygen atoms in total. The second-order valence-electron chi connectivity index (χ2n) is 6.36. The molecule has 2 rings (SSSR count). The molecule has 0 aliphatic carbocycles. The number of ether oxygens (including phenoxy) is 1. The molecular formula is C17H29N3O. The number of hydrogen-bond acceptors (Lipinski definition) is 4. The Balaban J connectivity index is 2.03. The summed E-state index contributed by atoms with van der Waals surface area (Å²) in [5.74, 6) is 1.71. The summed E-state index contributed by atoms with van der Waals surface area (Å²) in [7, 11) is 1.72. The van der Waals surface area contributed by atoms with Gasteiger partial charge in [0.05, 0.1) is 12.8 Å². The van der Waals surface area contributed by atoms with Crippen LogP contribution in [0.4, 0.5) is 0 Å². The summed E-state index contributed by atoms with van der Waals surface area (Å²) >= 11 is 0. The minimum atomic E-state index is 0.535. The predicted octanol–water partition coefficient (Wildman–Crippen LogP) is 2.61. The average Bonchev–Trinajstić information content (AvgIpc) is 2.47. The molecule has 0 aromatic carbocycles. The summed E-state index contributed by atoms with van der Waals surface area (Å²) in [6.45, 7) is 11.0. The summed E-state index contributed by atoms with van der Waals surface area (Å²) in [6, 6.07) is 4.58. The lowest BCUT2D eigenvalue weighted by molar-refractivity contribution is 0.160. The number of rotatable bonds is 6. The van der Waals surface area contributed by atoms with E-state index in [2.05, 4.69) is 35.1 Å². The van der Waals surface area contributed by atoms with Crippen LogP contribution in [-0.2, 0) is 6.54 Å². The van der Waals surface area contributed by atoms with Gasteiger partial charge in [-0.05, 0) is 52.6 Å². The van der Waals surface area contributed by atoms with Gasteiger partial charge in [0.25, 0.3) is 0 Å². The van der Waals surface area contributed by atoms with Crippen molar-refractivity contribution in [3.8, 4) is 5.75 Å². The number of nitrogens with one attached hydrogen (secondary N) is 1. The standard InChI is InChI=1S/C17H29N3O/c1-13(2)20(11-15-5-7-18-8-6-15)12-16-10-17(21-4)9-14(3)19-16/h9-10,13,15,18H,5-8,11-12H2,1-4H3. The van der Waals surface area contributed by atoms with Crippen molar-refractivity contribution in [3.05, 3.63) is 23.5 Å². The SMILES string of the molecule is COc1cc(C)nc(CN(CC2CCNCC2)C(C)C)c1. The summed E-state index contributed by atoms with van der Waals surface area (Å²) in [4.78, 5) is 7.20. The third kappa shape index (κ3) is 4.97. The van der Waals surface area contributed by atoms with Crippen LogP contribution in [-0.4, -0.2) is 42.7 Å². The smallest absolute Gasteiger partial charge is 0.122 e. The molecule has 1 aromatic heterocycles. The van der Waals surface area contributed by atoms with Crippen molar-refractivity contribution >= 4 is 0 Å². The van der Waals surface area contributed by atoms with Crippen molar-refractivity contribution < 1.29 is 4.74 Å². The Morgan fingerprint density at radius 2 is 2.05 bits per heavy atom. The zero-order valence-electron chi connectivity index (χ0n) is 13.9. The summed E-state index contributed by atoms with van der Waals surface area (Å²) < 4.78 is 5.36. The number of aryl methyl sites for hydroxylation is 1. The number of pyridine rings is 1. The van der Waals surface area contributed by atoms with E-state index in [1.54, 1.807) is 7.11 Å². The molecule has 1 saturated heterocycles. The molecule has 0 spiro atoms. The van der Waals surface area contributed by atoms with Gasteiger partial charge in [0, 0.05) is 37.0 Å². The fourth-order valence-corrected chi connectivity index (χ4v) is 2.96. The van der Waals surface area contributed by atoms with Crippen LogP contribution in [0.15, 0.2) is 12.1 Å². The van der Waals surface area contributed by atoms with E-state index >= 15 is 0 Å². The lowest BCUT2D eigenvalue weighted by Gasteiger charge is -2.32. The van der Waals surface area contributed by atoms with Crippen molar-refractivity contribution in [3.63, 3.8) is 0 Å². The van der Waals surface area contributed by atoms with Gasteiger partial charge in [-0.2, -0.15) is 0 Å². The molecule has 0 amide bonds. The second kappa shape index (κ2) is 7.76. The van der Waals surface area contributed by atoms with Crippen molar-refractivity contribution in [2.24, 2.45) is 5.92 Å². The molecule has 118 valence electrons. The first-order valence-electron chi connectivity index (χ1n) is 8.05. The Bertz CT molecular complexity index is 442. The van der Waals surface area contributed by atoms with Gasteiger partial charge in [-0.3, -0.25) is 9.88 Å². The van der Waals surface area contributed by atoms with Crippen LogP contribution in [0.3, 0.4) is 0 Å². The lowest BCUT2D eigenvalue weighted by atomic mass is 9.97. The van der Waals surface area contributed by atoms with Gasteiger partial charge in [0.1, 0.15) is 5.75 Å². The maximum atomic E-state index is 5.36. The molecule has 1 aromatic rings. The number of methoxy groups -OCH3 is 1. The summed E-state index contributed by atoms with van der Waals surface area (Å²) in [5, 5.41) is 3.44. The summed E-state index contributed by atoms with van der Waals surface area (Å²) in [5.41, 5.74) is 2.13. The monoisotopic (exact) mass is 291 g/mol. The molecule has 21 heavy (non-hydrogen) atoms. The topological polar surface area (TPSA) is 37.4 Å². The average molecular weight is 291 g/mol. The van der Waals surface area contributed by atoms with Crippen LogP contribution in [0.25, 0.3) is 0 Å². The van der Waals surface area contributed by atoms with Crippen molar-refractivity contribution in [2.75, 3.05) is 26.7 Å². The fraction of sp³-hybridized carbons (Fsp3) is 0.706. The van der Waals surface area contributed by atoms with E-state index in [9.17, 15) is 0 Å². The highest BCUT2D eigenvalue weighted by Crippen LogP contribution is 2.19. The zero-order chi connectivity index (χ0) is 15.2. The molecule has 1 aliphatic rings. The Morgan fingerprint density at radius 3 is 2.67 bits per heavy atom. The van der Waals surface area contributed by atoms with Crippen molar-refractivity contribution in [2.45, 2.75) is 46.2 Å². The first kappa shape index (κ1) is 16.2. The third-order valence-electron chi connectivity index (χ3n) is 4.26. The maximum Gasteiger partial charge on any atom is 0.122 e. The Morgan fingerprint density at radius 1 is 1.33 bits per heavy atom. The minimum Gasteiger partial charge on any atom is -0.497 e. The molecule has 1 aliphatic heterocycles. The normalized spacial score (nSPS) is 16.7. The maximum absolute atomic E-state index is 5.36. The number of aromatic nitrogens is 1. The van der Waals surface area contributed by atoms with E-state index in [1.165, 1.54) is 12.8 Å². The predicted molar refractivity (Wildman–Crippen MR) is 86.7 cm³/mol. The third-order valence-corrected chi connectivity index (χ3v) is 4.26. The van der Waals surface area contributed by atoms with Gasteiger partial charge in [-0.1, -0.05) is 0 Å². The molecule has 0 saturated carbocycles. The van der Waals surface area contributed by atoms with Crippen LogP contribution >= 0.6 is 0 Å². The van der Waals surface area contributed by atoms with Gasteiger partial charge >= 0.3 is 0 Å². The lowest BCUT2D eigenvalue weighted by Crippen LogP contribution is -2.39. The van der Waals surface area contributed by atoms with Gasteiger partial charge in [0.2, 0.25) is 0 Å². The Hall–Kier alpha value is -1.13. The van der Waals surface area contributed by atoms with Gasteiger partial charge in [-0.15, -0.1) is 0 Å². The Labute approximate surface area is 128 Å². The van der Waals surface area contributed by atoms with Crippen LogP contribution in [0, 0.1) is 12.8 Å². The number of nitrogens with zero attached hydrogens (tertiary/aromatic N) is 2. The minimum absolute atomic E-state index is 0.535. The van der Waals surface area contributed by atoms with E-state index in [4.69, 9.17) is 4.74 Å². The second-order valence-corrected chi connectivity index (χ2v) is 6.36. The molecule has 0 atom stereocenters. The van der Waals surface area contributed by atoms with Gasteiger partial charge in [0.15, 0.2) is 0 Å². The van der Waals surface area contributed by atoms with E-state index in [-0.39, 0.29) is 0 Å². The van der Waals surface area contributed by atoms with Crippen LogP contribution in [0.1, 0.15) is 38.1 Å². The van der Waals surface area contributed by atoms with Crippen LogP contribution in [0.5, 0.6) is 5.75 Å². The highest BCUT2D eigenvalue weighted by atomic mass is 16.5. The fourth-order valence-electron chi connectivity index (χ4n) is 2.96. The molecule has 0 bridgehead atoms. The zero-order valence-corrected chi connectivity index (χ0v) is 13.9. The van der Waals surface area contributed by atoms with E-state index < -0.39 is 0 Å². The molecule has 0 radical (unpaired) electrons. The van der Waals surface area contributed by atoms with Crippen molar-refractivity contribution in [1.29, 1.82) is 0 Å². The molecule has 4 heteroatoms. The molecular weight excluding hydrogens is 262 g/mol. The molecule has 2 heterocycles.